The topological polar surface area (TPSA) is 101 Å². The van der Waals surface area contributed by atoms with E-state index < -0.39 is 5.91 Å². The van der Waals surface area contributed by atoms with Gasteiger partial charge in [-0.2, -0.15) is 0 Å². The fourth-order valence-electron chi connectivity index (χ4n) is 4.70. The number of rotatable bonds is 5. The summed E-state index contributed by atoms with van der Waals surface area (Å²) in [5.74, 6) is 1.22. The largest absolute Gasteiger partial charge is 0.366 e. The summed E-state index contributed by atoms with van der Waals surface area (Å²) < 4.78 is 1.86. The summed E-state index contributed by atoms with van der Waals surface area (Å²) in [6, 6.07) is 13.8. The van der Waals surface area contributed by atoms with E-state index in [4.69, 9.17) is 15.7 Å². The van der Waals surface area contributed by atoms with Crippen molar-refractivity contribution < 1.29 is 4.79 Å². The summed E-state index contributed by atoms with van der Waals surface area (Å²) in [7, 11) is 2.11. The normalized spacial score (nSPS) is 16.0. The fraction of sp³-hybridized carbons (Fsp3) is 0.280. The predicted molar refractivity (Wildman–Crippen MR) is 128 cm³/mol. The number of benzene rings is 1. The fourth-order valence-corrected chi connectivity index (χ4v) is 4.70. The molecule has 168 valence electrons. The summed E-state index contributed by atoms with van der Waals surface area (Å²) in [4.78, 5) is 28.8. The maximum Gasteiger partial charge on any atom is 0.252 e. The number of amides is 1. The second-order valence-corrected chi connectivity index (χ2v) is 8.72. The third kappa shape index (κ3) is 3.82. The van der Waals surface area contributed by atoms with Crippen LogP contribution in [0.4, 0.5) is 5.82 Å². The molecule has 0 fully saturated rings. The Morgan fingerprint density at radius 3 is 2.70 bits per heavy atom. The lowest BCUT2D eigenvalue weighted by molar-refractivity contribution is 0.100. The number of aromatic nitrogens is 4. The summed E-state index contributed by atoms with van der Waals surface area (Å²) in [5, 5.41) is 3.56. The number of nitrogens with two attached hydrogens (primary N) is 1. The number of nitrogens with one attached hydrogen (secondary N) is 1. The molecule has 5 rings (SSSR count). The zero-order valence-corrected chi connectivity index (χ0v) is 19.0. The Balaban J connectivity index is 1.66. The first-order valence-electron chi connectivity index (χ1n) is 11.1. The zero-order chi connectivity index (χ0) is 23.1. The van der Waals surface area contributed by atoms with Gasteiger partial charge in [0, 0.05) is 31.4 Å². The van der Waals surface area contributed by atoms with Crippen LogP contribution in [0.25, 0.3) is 17.2 Å². The van der Waals surface area contributed by atoms with E-state index in [1.165, 1.54) is 5.56 Å². The molecule has 1 aliphatic rings. The number of hydrogen-bond acceptors (Lipinski definition) is 6. The standard InChI is InChI=1S/C25H27N7O/c1-15-13-31(3)14-19-20(15)23(27-12-17-8-5-4-6-9-17)30-24(29-19)21-16(2)28-25-18(22(26)33)10-7-11-32(21)25/h4-11,15H,12-14H2,1-3H3,(H2,26,33)(H,27,29,30). The van der Waals surface area contributed by atoms with Gasteiger partial charge in [0.05, 0.1) is 17.0 Å². The third-order valence-electron chi connectivity index (χ3n) is 6.13. The van der Waals surface area contributed by atoms with E-state index >= 15 is 0 Å². The van der Waals surface area contributed by atoms with Crippen molar-refractivity contribution in [2.45, 2.75) is 32.9 Å². The number of fused-ring (bicyclic) bond motifs is 2. The van der Waals surface area contributed by atoms with Gasteiger partial charge in [0.15, 0.2) is 5.82 Å². The van der Waals surface area contributed by atoms with Crippen LogP contribution in [0, 0.1) is 6.92 Å². The molecule has 1 unspecified atom stereocenters. The molecule has 0 bridgehead atoms. The number of likely N-dealkylation sites (N-methyl/N-ethyl adjacent to an activating group) is 1. The van der Waals surface area contributed by atoms with Crippen molar-refractivity contribution in [1.82, 2.24) is 24.3 Å². The van der Waals surface area contributed by atoms with Gasteiger partial charge in [-0.25, -0.2) is 15.0 Å². The molecule has 0 saturated heterocycles. The molecule has 0 aliphatic carbocycles. The molecule has 4 heterocycles. The van der Waals surface area contributed by atoms with Crippen LogP contribution < -0.4 is 11.1 Å². The van der Waals surface area contributed by atoms with E-state index in [0.717, 1.165) is 41.6 Å². The predicted octanol–water partition coefficient (Wildman–Crippen LogP) is 3.36. The average molecular weight is 442 g/mol. The van der Waals surface area contributed by atoms with Crippen molar-refractivity contribution in [3.8, 4) is 11.5 Å². The minimum absolute atomic E-state index is 0.302. The summed E-state index contributed by atoms with van der Waals surface area (Å²) in [5.41, 5.74) is 11.3. The van der Waals surface area contributed by atoms with Gasteiger partial charge in [0.2, 0.25) is 0 Å². The first kappa shape index (κ1) is 21.1. The minimum Gasteiger partial charge on any atom is -0.366 e. The summed E-state index contributed by atoms with van der Waals surface area (Å²) in [6.45, 7) is 6.49. The van der Waals surface area contributed by atoms with Gasteiger partial charge < -0.3 is 11.1 Å². The molecule has 3 N–H and O–H groups in total. The Morgan fingerprint density at radius 1 is 1.15 bits per heavy atom. The summed E-state index contributed by atoms with van der Waals surface area (Å²) >= 11 is 0. The van der Waals surface area contributed by atoms with Gasteiger partial charge in [-0.3, -0.25) is 14.1 Å². The highest BCUT2D eigenvalue weighted by molar-refractivity contribution is 5.99. The van der Waals surface area contributed by atoms with E-state index in [-0.39, 0.29) is 0 Å². The molecule has 8 heteroatoms. The molecule has 0 radical (unpaired) electrons. The van der Waals surface area contributed by atoms with Crippen LogP contribution in [0.3, 0.4) is 0 Å². The van der Waals surface area contributed by atoms with Crippen LogP contribution >= 0.6 is 0 Å². The van der Waals surface area contributed by atoms with Crippen molar-refractivity contribution in [3.63, 3.8) is 0 Å². The van der Waals surface area contributed by atoms with Crippen LogP contribution in [-0.2, 0) is 13.1 Å². The van der Waals surface area contributed by atoms with Crippen LogP contribution in [0.5, 0.6) is 0 Å². The SMILES string of the molecule is Cc1nc2c(C(N)=O)cccn2c1-c1nc2c(c(NCc3ccccc3)n1)C(C)CN(C)C2. The average Bonchev–Trinajstić information content (AvgIpc) is 3.13. The highest BCUT2D eigenvalue weighted by atomic mass is 16.1. The van der Waals surface area contributed by atoms with Gasteiger partial charge in [0.1, 0.15) is 17.2 Å². The number of pyridine rings is 1. The van der Waals surface area contributed by atoms with E-state index in [2.05, 4.69) is 41.3 Å². The molecule has 1 atom stereocenters. The Kier molecular flexibility index (Phi) is 5.30. The number of hydrogen-bond donors (Lipinski definition) is 2. The lowest BCUT2D eigenvalue weighted by Gasteiger charge is -2.31. The van der Waals surface area contributed by atoms with Crippen LogP contribution in [-0.4, -0.2) is 43.8 Å². The van der Waals surface area contributed by atoms with Gasteiger partial charge in [0.25, 0.3) is 5.91 Å². The van der Waals surface area contributed by atoms with Gasteiger partial charge in [-0.05, 0) is 37.6 Å². The van der Waals surface area contributed by atoms with E-state index in [1.807, 2.05) is 35.7 Å². The van der Waals surface area contributed by atoms with Crippen LogP contribution in [0.1, 0.15) is 45.7 Å². The van der Waals surface area contributed by atoms with Crippen molar-refractivity contribution in [1.29, 1.82) is 0 Å². The van der Waals surface area contributed by atoms with Crippen molar-refractivity contribution in [3.05, 3.63) is 76.7 Å². The number of carbonyl (C=O) groups excluding carboxylic acids is 1. The quantitative estimate of drug-likeness (QED) is 0.492. The lowest BCUT2D eigenvalue weighted by Crippen LogP contribution is -2.31. The molecule has 0 spiro atoms. The molecular formula is C25H27N7O. The monoisotopic (exact) mass is 441 g/mol. The number of primary amides is 1. The second-order valence-electron chi connectivity index (χ2n) is 8.72. The Bertz CT molecular complexity index is 1350. The van der Waals surface area contributed by atoms with Crippen LogP contribution in [0.15, 0.2) is 48.7 Å². The first-order chi connectivity index (χ1) is 15.9. The molecular weight excluding hydrogens is 414 g/mol. The molecule has 4 aromatic rings. The van der Waals surface area contributed by atoms with Crippen molar-refractivity contribution >= 4 is 17.4 Å². The van der Waals surface area contributed by atoms with Gasteiger partial charge in [-0.1, -0.05) is 37.3 Å². The highest BCUT2D eigenvalue weighted by Gasteiger charge is 2.28. The number of anilines is 1. The van der Waals surface area contributed by atoms with E-state index in [0.29, 0.717) is 29.5 Å². The molecule has 3 aromatic heterocycles. The van der Waals surface area contributed by atoms with E-state index in [1.54, 1.807) is 12.1 Å². The third-order valence-corrected chi connectivity index (χ3v) is 6.13. The number of carbonyl (C=O) groups is 1. The first-order valence-corrected chi connectivity index (χ1v) is 11.1. The maximum atomic E-state index is 11.9. The Labute approximate surface area is 192 Å². The molecule has 1 aromatic carbocycles. The molecule has 1 aliphatic heterocycles. The smallest absolute Gasteiger partial charge is 0.252 e. The van der Waals surface area contributed by atoms with Crippen molar-refractivity contribution in [2.24, 2.45) is 5.73 Å². The maximum absolute atomic E-state index is 11.9. The van der Waals surface area contributed by atoms with Gasteiger partial charge >= 0.3 is 0 Å². The zero-order valence-electron chi connectivity index (χ0n) is 19.0. The highest BCUT2D eigenvalue weighted by Crippen LogP contribution is 2.34. The lowest BCUT2D eigenvalue weighted by atomic mass is 9.95. The minimum atomic E-state index is -0.510. The number of aryl methyl sites for hydroxylation is 1. The number of nitrogens with zero attached hydrogens (tertiary/aromatic N) is 5. The Morgan fingerprint density at radius 2 is 1.94 bits per heavy atom. The second kappa shape index (κ2) is 8.29. The van der Waals surface area contributed by atoms with Crippen LogP contribution in [0.2, 0.25) is 0 Å². The Hall–Kier alpha value is -3.78. The molecule has 33 heavy (non-hydrogen) atoms. The van der Waals surface area contributed by atoms with Gasteiger partial charge in [-0.15, -0.1) is 0 Å². The molecule has 0 saturated carbocycles. The van der Waals surface area contributed by atoms with Crippen molar-refractivity contribution in [2.75, 3.05) is 18.9 Å². The van der Waals surface area contributed by atoms with E-state index in [9.17, 15) is 4.79 Å². The number of imidazole rings is 1. The summed E-state index contributed by atoms with van der Waals surface area (Å²) in [6.07, 6.45) is 1.87. The molecule has 1 amide bonds. The molecule has 8 nitrogen and oxygen atoms in total.